The Hall–Kier alpha value is -1.68. The van der Waals surface area contributed by atoms with Gasteiger partial charge < -0.3 is 10.2 Å². The van der Waals surface area contributed by atoms with Gasteiger partial charge in [-0.05, 0) is 51.4 Å². The molecule has 0 radical (unpaired) electrons. The smallest absolute Gasteiger partial charge is 0.148 e. The largest absolute Gasteiger partial charge is 0.352 e. The van der Waals surface area contributed by atoms with Gasteiger partial charge in [-0.15, -0.1) is 0 Å². The second-order valence-corrected chi connectivity index (χ2v) is 5.45. The first kappa shape index (κ1) is 13.3. The number of hydrogen-bond donors (Lipinski definition) is 1. The SMILES string of the molecule is CNCCC1CCCCN1c1cnc2ccccc2n1. The number of fused-ring (bicyclic) bond motifs is 1. The Morgan fingerprint density at radius 3 is 2.95 bits per heavy atom. The molecular weight excluding hydrogens is 248 g/mol. The zero-order valence-electron chi connectivity index (χ0n) is 12.0. The number of nitrogens with one attached hydrogen (secondary N) is 1. The summed E-state index contributed by atoms with van der Waals surface area (Å²) in [5.74, 6) is 1.03. The first-order chi connectivity index (χ1) is 9.88. The Balaban J connectivity index is 1.86. The fraction of sp³-hybridized carbons (Fsp3) is 0.500. The van der Waals surface area contributed by atoms with Crippen LogP contribution in [0.4, 0.5) is 5.82 Å². The second-order valence-electron chi connectivity index (χ2n) is 5.45. The Morgan fingerprint density at radius 1 is 1.25 bits per heavy atom. The van der Waals surface area contributed by atoms with Crippen LogP contribution in [-0.4, -0.2) is 36.1 Å². The van der Waals surface area contributed by atoms with E-state index in [9.17, 15) is 0 Å². The molecule has 1 aromatic carbocycles. The summed E-state index contributed by atoms with van der Waals surface area (Å²) in [6.45, 7) is 2.16. The molecule has 1 atom stereocenters. The topological polar surface area (TPSA) is 41.0 Å². The molecule has 4 nitrogen and oxygen atoms in total. The van der Waals surface area contributed by atoms with E-state index in [2.05, 4.69) is 15.2 Å². The number of benzene rings is 1. The molecule has 106 valence electrons. The van der Waals surface area contributed by atoms with Gasteiger partial charge in [0.2, 0.25) is 0 Å². The Labute approximate surface area is 120 Å². The molecule has 1 aliphatic rings. The second kappa shape index (κ2) is 6.18. The molecule has 0 saturated carbocycles. The van der Waals surface area contributed by atoms with Crippen molar-refractivity contribution in [2.24, 2.45) is 0 Å². The summed E-state index contributed by atoms with van der Waals surface area (Å²) < 4.78 is 0. The Kier molecular flexibility index (Phi) is 4.11. The van der Waals surface area contributed by atoms with Gasteiger partial charge in [0.05, 0.1) is 17.2 Å². The van der Waals surface area contributed by atoms with Crippen molar-refractivity contribution in [2.75, 3.05) is 25.0 Å². The van der Waals surface area contributed by atoms with Gasteiger partial charge in [-0.1, -0.05) is 12.1 Å². The molecule has 0 aliphatic carbocycles. The summed E-state index contributed by atoms with van der Waals surface area (Å²) >= 11 is 0. The summed E-state index contributed by atoms with van der Waals surface area (Å²) in [6.07, 6.45) is 6.94. The van der Waals surface area contributed by atoms with Crippen molar-refractivity contribution in [3.8, 4) is 0 Å². The minimum atomic E-state index is 0.590. The maximum atomic E-state index is 4.80. The normalized spacial score (nSPS) is 19.4. The lowest BCUT2D eigenvalue weighted by Gasteiger charge is -2.36. The summed E-state index contributed by atoms with van der Waals surface area (Å²) in [6, 6.07) is 8.67. The minimum absolute atomic E-state index is 0.590. The number of para-hydroxylation sites is 2. The van der Waals surface area contributed by atoms with Crippen LogP contribution < -0.4 is 10.2 Å². The van der Waals surface area contributed by atoms with Crippen molar-refractivity contribution in [1.82, 2.24) is 15.3 Å². The number of rotatable bonds is 4. The maximum Gasteiger partial charge on any atom is 0.148 e. The Bertz CT molecular complexity index is 569. The zero-order chi connectivity index (χ0) is 13.8. The molecule has 2 aromatic rings. The highest BCUT2D eigenvalue weighted by Gasteiger charge is 2.23. The molecule has 0 spiro atoms. The molecule has 0 bridgehead atoms. The van der Waals surface area contributed by atoms with Gasteiger partial charge in [-0.3, -0.25) is 4.98 Å². The van der Waals surface area contributed by atoms with Gasteiger partial charge in [-0.25, -0.2) is 4.98 Å². The van der Waals surface area contributed by atoms with E-state index < -0.39 is 0 Å². The van der Waals surface area contributed by atoms with E-state index >= 15 is 0 Å². The zero-order valence-corrected chi connectivity index (χ0v) is 12.0. The summed E-state index contributed by atoms with van der Waals surface area (Å²) in [5.41, 5.74) is 1.96. The lowest BCUT2D eigenvalue weighted by Crippen LogP contribution is -2.41. The monoisotopic (exact) mass is 270 g/mol. The summed E-state index contributed by atoms with van der Waals surface area (Å²) in [4.78, 5) is 11.8. The van der Waals surface area contributed by atoms with E-state index in [0.29, 0.717) is 6.04 Å². The van der Waals surface area contributed by atoms with E-state index in [-0.39, 0.29) is 0 Å². The predicted molar refractivity (Wildman–Crippen MR) is 83.1 cm³/mol. The maximum absolute atomic E-state index is 4.80. The van der Waals surface area contributed by atoms with E-state index in [4.69, 9.17) is 4.98 Å². The number of anilines is 1. The molecule has 1 aromatic heterocycles. The van der Waals surface area contributed by atoms with Gasteiger partial charge in [0.15, 0.2) is 0 Å². The highest BCUT2D eigenvalue weighted by Crippen LogP contribution is 2.25. The molecule has 0 amide bonds. The van der Waals surface area contributed by atoms with Crippen LogP contribution >= 0.6 is 0 Å². The highest BCUT2D eigenvalue weighted by atomic mass is 15.2. The van der Waals surface area contributed by atoms with Crippen LogP contribution in [0.25, 0.3) is 11.0 Å². The molecule has 4 heteroatoms. The lowest BCUT2D eigenvalue weighted by atomic mass is 9.99. The molecular formula is C16H22N4. The third-order valence-corrected chi connectivity index (χ3v) is 4.08. The van der Waals surface area contributed by atoms with E-state index in [1.54, 1.807) is 0 Å². The van der Waals surface area contributed by atoms with Crippen molar-refractivity contribution in [3.05, 3.63) is 30.5 Å². The fourth-order valence-electron chi connectivity index (χ4n) is 3.00. The molecule has 2 heterocycles. The molecule has 1 unspecified atom stereocenters. The molecule has 3 rings (SSSR count). The van der Waals surface area contributed by atoms with Crippen molar-refractivity contribution < 1.29 is 0 Å². The number of aromatic nitrogens is 2. The standard InChI is InChI=1S/C16H22N4/c1-17-10-9-13-6-4-5-11-20(13)16-12-18-14-7-2-3-8-15(14)19-16/h2-3,7-8,12-13,17H,4-6,9-11H2,1H3. The van der Waals surface area contributed by atoms with E-state index in [0.717, 1.165) is 29.9 Å². The first-order valence-electron chi connectivity index (χ1n) is 7.51. The van der Waals surface area contributed by atoms with Crippen molar-refractivity contribution >= 4 is 16.9 Å². The van der Waals surface area contributed by atoms with Crippen LogP contribution in [-0.2, 0) is 0 Å². The Morgan fingerprint density at radius 2 is 2.10 bits per heavy atom. The van der Waals surface area contributed by atoms with Gasteiger partial charge in [0.25, 0.3) is 0 Å². The average molecular weight is 270 g/mol. The van der Waals surface area contributed by atoms with Crippen molar-refractivity contribution in [2.45, 2.75) is 31.7 Å². The van der Waals surface area contributed by atoms with Crippen LogP contribution in [0.1, 0.15) is 25.7 Å². The van der Waals surface area contributed by atoms with Crippen LogP contribution in [0.2, 0.25) is 0 Å². The first-order valence-corrected chi connectivity index (χ1v) is 7.51. The molecule has 1 N–H and O–H groups in total. The lowest BCUT2D eigenvalue weighted by molar-refractivity contribution is 0.430. The third-order valence-electron chi connectivity index (χ3n) is 4.08. The number of hydrogen-bond acceptors (Lipinski definition) is 4. The van der Waals surface area contributed by atoms with Gasteiger partial charge >= 0.3 is 0 Å². The minimum Gasteiger partial charge on any atom is -0.352 e. The fourth-order valence-corrected chi connectivity index (χ4v) is 3.00. The number of nitrogens with zero attached hydrogens (tertiary/aromatic N) is 3. The van der Waals surface area contributed by atoms with Crippen molar-refractivity contribution in [1.29, 1.82) is 0 Å². The average Bonchev–Trinajstić information content (AvgIpc) is 2.53. The van der Waals surface area contributed by atoms with Crippen molar-refractivity contribution in [3.63, 3.8) is 0 Å². The van der Waals surface area contributed by atoms with E-state index in [1.165, 1.54) is 25.7 Å². The van der Waals surface area contributed by atoms with Crippen LogP contribution in [0.5, 0.6) is 0 Å². The van der Waals surface area contributed by atoms with E-state index in [1.807, 2.05) is 37.5 Å². The number of piperidine rings is 1. The predicted octanol–water partition coefficient (Wildman–Crippen LogP) is 2.60. The molecule has 1 fully saturated rings. The summed E-state index contributed by atoms with van der Waals surface area (Å²) in [5, 5.41) is 3.25. The van der Waals surface area contributed by atoms with Gasteiger partial charge in [0, 0.05) is 12.6 Å². The van der Waals surface area contributed by atoms with Crippen LogP contribution in [0.15, 0.2) is 30.5 Å². The van der Waals surface area contributed by atoms with Gasteiger partial charge in [0.1, 0.15) is 5.82 Å². The molecule has 20 heavy (non-hydrogen) atoms. The quantitative estimate of drug-likeness (QED) is 0.927. The molecule has 1 saturated heterocycles. The highest BCUT2D eigenvalue weighted by molar-refractivity contribution is 5.75. The van der Waals surface area contributed by atoms with Crippen LogP contribution in [0, 0.1) is 0 Å². The third kappa shape index (κ3) is 2.75. The van der Waals surface area contributed by atoms with Gasteiger partial charge in [-0.2, -0.15) is 0 Å². The molecule has 1 aliphatic heterocycles. The summed E-state index contributed by atoms with van der Waals surface area (Å²) in [7, 11) is 2.02. The van der Waals surface area contributed by atoms with Crippen LogP contribution in [0.3, 0.4) is 0 Å².